The van der Waals surface area contributed by atoms with Crippen LogP contribution in [0.5, 0.6) is 0 Å². The largest absolute Gasteiger partial charge is 0.356 e. The molecule has 33 heavy (non-hydrogen) atoms. The maximum absolute atomic E-state index is 13.3. The van der Waals surface area contributed by atoms with Gasteiger partial charge in [-0.05, 0) is 60.4 Å². The Balaban J connectivity index is 1.27. The summed E-state index contributed by atoms with van der Waals surface area (Å²) >= 11 is 5.88. The Kier molecular flexibility index (Phi) is 7.74. The lowest BCUT2D eigenvalue weighted by Gasteiger charge is -2.10. The summed E-state index contributed by atoms with van der Waals surface area (Å²) in [5.41, 5.74) is 4.07. The third kappa shape index (κ3) is 6.42. The normalized spacial score (nSPS) is 11.1. The number of aryl methyl sites for hydroxylation is 1. The molecule has 0 radical (unpaired) electrons. The molecule has 1 amide bonds. The van der Waals surface area contributed by atoms with Crippen LogP contribution in [0.2, 0.25) is 5.02 Å². The minimum absolute atomic E-state index is 0.0263. The average molecular weight is 464 g/mol. The molecule has 0 fully saturated rings. The zero-order valence-corrected chi connectivity index (χ0v) is 19.2. The van der Waals surface area contributed by atoms with Crippen LogP contribution in [0.15, 0.2) is 72.8 Å². The highest BCUT2D eigenvalue weighted by Crippen LogP contribution is 2.20. The number of hydrogen-bond acceptors (Lipinski definition) is 2. The van der Waals surface area contributed by atoms with Crippen molar-refractivity contribution in [1.82, 2.24) is 14.9 Å². The smallest absolute Gasteiger partial charge is 0.224 e. The number of amides is 1. The third-order valence-electron chi connectivity index (χ3n) is 5.66. The zero-order chi connectivity index (χ0) is 23.0. The van der Waals surface area contributed by atoms with Gasteiger partial charge in [0, 0.05) is 24.5 Å². The summed E-state index contributed by atoms with van der Waals surface area (Å²) in [6, 6.07) is 22.1. The minimum atomic E-state index is -0.227. The van der Waals surface area contributed by atoms with Gasteiger partial charge < -0.3 is 9.88 Å². The lowest BCUT2D eigenvalue weighted by Crippen LogP contribution is -2.26. The number of nitrogens with zero attached hydrogens (tertiary/aromatic N) is 2. The summed E-state index contributed by atoms with van der Waals surface area (Å²) in [7, 11) is 0. The molecule has 1 aromatic heterocycles. The zero-order valence-electron chi connectivity index (χ0n) is 18.4. The fourth-order valence-electron chi connectivity index (χ4n) is 3.93. The van der Waals surface area contributed by atoms with E-state index in [2.05, 4.69) is 16.0 Å². The number of carbonyl (C=O) groups is 1. The number of nitrogens with one attached hydrogen (secondary N) is 1. The van der Waals surface area contributed by atoms with Gasteiger partial charge in [-0.3, -0.25) is 4.79 Å². The van der Waals surface area contributed by atoms with E-state index in [0.717, 1.165) is 53.7 Å². The van der Waals surface area contributed by atoms with E-state index in [0.29, 0.717) is 24.5 Å². The number of halogens is 2. The Hall–Kier alpha value is -3.18. The Morgan fingerprint density at radius 1 is 0.909 bits per heavy atom. The van der Waals surface area contributed by atoms with Gasteiger partial charge in [-0.1, -0.05) is 54.4 Å². The van der Waals surface area contributed by atoms with E-state index >= 15 is 0 Å². The summed E-state index contributed by atoms with van der Waals surface area (Å²) in [6.07, 6.45) is 4.13. The number of aromatic nitrogens is 2. The van der Waals surface area contributed by atoms with E-state index < -0.39 is 0 Å². The van der Waals surface area contributed by atoms with Crippen molar-refractivity contribution in [3.05, 3.63) is 101 Å². The fourth-order valence-corrected chi connectivity index (χ4v) is 4.05. The van der Waals surface area contributed by atoms with Crippen molar-refractivity contribution in [3.63, 3.8) is 0 Å². The monoisotopic (exact) mass is 463 g/mol. The summed E-state index contributed by atoms with van der Waals surface area (Å²) in [6.45, 7) is 1.33. The molecule has 0 aliphatic rings. The molecule has 0 saturated carbocycles. The van der Waals surface area contributed by atoms with Crippen LogP contribution in [-0.4, -0.2) is 22.0 Å². The first-order valence-corrected chi connectivity index (χ1v) is 11.7. The Morgan fingerprint density at radius 2 is 1.64 bits per heavy atom. The van der Waals surface area contributed by atoms with Crippen LogP contribution >= 0.6 is 11.6 Å². The summed E-state index contributed by atoms with van der Waals surface area (Å²) in [4.78, 5) is 16.9. The first kappa shape index (κ1) is 23.0. The second-order valence-electron chi connectivity index (χ2n) is 8.19. The molecule has 170 valence electrons. The van der Waals surface area contributed by atoms with Crippen molar-refractivity contribution in [2.75, 3.05) is 6.54 Å². The van der Waals surface area contributed by atoms with E-state index in [4.69, 9.17) is 16.6 Å². The molecule has 6 heteroatoms. The Morgan fingerprint density at radius 3 is 2.42 bits per heavy atom. The molecular formula is C27H27ClFN3O. The van der Waals surface area contributed by atoms with Crippen molar-refractivity contribution >= 4 is 28.5 Å². The van der Waals surface area contributed by atoms with Gasteiger partial charge in [0.2, 0.25) is 5.91 Å². The van der Waals surface area contributed by atoms with Crippen LogP contribution in [-0.2, 0) is 24.2 Å². The van der Waals surface area contributed by atoms with Gasteiger partial charge in [-0.15, -0.1) is 0 Å². The number of benzene rings is 3. The molecule has 0 aliphatic carbocycles. The van der Waals surface area contributed by atoms with Crippen molar-refractivity contribution in [3.8, 4) is 0 Å². The highest BCUT2D eigenvalue weighted by atomic mass is 35.5. The van der Waals surface area contributed by atoms with Crippen molar-refractivity contribution in [2.24, 2.45) is 0 Å². The van der Waals surface area contributed by atoms with Crippen LogP contribution < -0.4 is 5.32 Å². The minimum Gasteiger partial charge on any atom is -0.356 e. The van der Waals surface area contributed by atoms with Gasteiger partial charge >= 0.3 is 0 Å². The first-order valence-electron chi connectivity index (χ1n) is 11.3. The molecule has 4 nitrogen and oxygen atoms in total. The van der Waals surface area contributed by atoms with Gasteiger partial charge in [0.05, 0.1) is 17.5 Å². The van der Waals surface area contributed by atoms with Gasteiger partial charge in [0.1, 0.15) is 11.6 Å². The highest BCUT2D eigenvalue weighted by Gasteiger charge is 2.11. The van der Waals surface area contributed by atoms with Gasteiger partial charge in [-0.25, -0.2) is 9.37 Å². The van der Waals surface area contributed by atoms with E-state index in [-0.39, 0.29) is 11.7 Å². The third-order valence-corrected chi connectivity index (χ3v) is 5.92. The second-order valence-corrected chi connectivity index (χ2v) is 8.63. The van der Waals surface area contributed by atoms with Crippen LogP contribution in [0.3, 0.4) is 0 Å². The van der Waals surface area contributed by atoms with Gasteiger partial charge in [0.15, 0.2) is 0 Å². The Labute approximate surface area is 198 Å². The number of para-hydroxylation sites is 2. The summed E-state index contributed by atoms with van der Waals surface area (Å²) in [5, 5.41) is 3.66. The second kappa shape index (κ2) is 11.1. The molecule has 0 spiro atoms. The van der Waals surface area contributed by atoms with Crippen LogP contribution in [0, 0.1) is 5.82 Å². The van der Waals surface area contributed by atoms with Crippen molar-refractivity contribution in [1.29, 1.82) is 0 Å². The SMILES string of the molecule is O=C(Cc1ccc(Cl)cc1)NCCCCCc1nc2ccccc2n1Cc1ccc(F)cc1. The molecule has 4 aromatic rings. The van der Waals surface area contributed by atoms with E-state index in [1.54, 1.807) is 12.1 Å². The van der Waals surface area contributed by atoms with E-state index in [1.807, 2.05) is 42.5 Å². The molecule has 0 unspecified atom stereocenters. The molecule has 0 saturated heterocycles. The predicted octanol–water partition coefficient (Wildman–Crippen LogP) is 5.95. The summed E-state index contributed by atoms with van der Waals surface area (Å²) < 4.78 is 15.5. The number of rotatable bonds is 10. The topological polar surface area (TPSA) is 46.9 Å². The molecule has 0 bridgehead atoms. The number of carbonyl (C=O) groups excluding carboxylic acids is 1. The maximum atomic E-state index is 13.3. The standard InChI is InChI=1S/C27H27ClFN3O/c28-22-13-9-20(10-14-22)18-27(33)30-17-5-1-2-8-26-31-24-6-3-4-7-25(24)32(26)19-21-11-15-23(29)16-12-21/h3-4,6-7,9-16H,1-2,5,8,17-19H2,(H,30,33). The lowest BCUT2D eigenvalue weighted by molar-refractivity contribution is -0.120. The highest BCUT2D eigenvalue weighted by molar-refractivity contribution is 6.30. The quantitative estimate of drug-likeness (QED) is 0.295. The van der Waals surface area contributed by atoms with E-state index in [1.165, 1.54) is 12.1 Å². The predicted molar refractivity (Wildman–Crippen MR) is 131 cm³/mol. The molecule has 0 aliphatic heterocycles. The fraction of sp³-hybridized carbons (Fsp3) is 0.259. The van der Waals surface area contributed by atoms with Crippen molar-refractivity contribution < 1.29 is 9.18 Å². The first-order chi connectivity index (χ1) is 16.1. The maximum Gasteiger partial charge on any atom is 0.224 e. The lowest BCUT2D eigenvalue weighted by atomic mass is 10.1. The number of unbranched alkanes of at least 4 members (excludes halogenated alkanes) is 2. The average Bonchev–Trinajstić information content (AvgIpc) is 3.16. The molecule has 3 aromatic carbocycles. The molecule has 1 heterocycles. The molecule has 4 rings (SSSR count). The molecule has 1 N–H and O–H groups in total. The van der Waals surface area contributed by atoms with Crippen LogP contribution in [0.25, 0.3) is 11.0 Å². The Bertz CT molecular complexity index is 1200. The molecular weight excluding hydrogens is 437 g/mol. The van der Waals surface area contributed by atoms with Crippen molar-refractivity contribution in [2.45, 2.75) is 38.6 Å². The van der Waals surface area contributed by atoms with Crippen LogP contribution in [0.1, 0.15) is 36.2 Å². The number of hydrogen-bond donors (Lipinski definition) is 1. The van der Waals surface area contributed by atoms with Crippen LogP contribution in [0.4, 0.5) is 4.39 Å². The summed E-state index contributed by atoms with van der Waals surface area (Å²) in [5.74, 6) is 0.834. The molecule has 0 atom stereocenters. The van der Waals surface area contributed by atoms with Gasteiger partial charge in [-0.2, -0.15) is 0 Å². The van der Waals surface area contributed by atoms with E-state index in [9.17, 15) is 9.18 Å². The number of fused-ring (bicyclic) bond motifs is 1. The number of imidazole rings is 1. The van der Waals surface area contributed by atoms with Gasteiger partial charge in [0.25, 0.3) is 0 Å².